The molecule has 2 rings (SSSR count). The molecule has 7 nitrogen and oxygen atoms in total. The van der Waals surface area contributed by atoms with Crippen molar-refractivity contribution in [1.82, 2.24) is 10.2 Å². The molecule has 1 heterocycles. The maximum absolute atomic E-state index is 12.5. The molecule has 0 spiro atoms. The summed E-state index contributed by atoms with van der Waals surface area (Å²) in [6.07, 6.45) is 1.22. The lowest BCUT2D eigenvalue weighted by Crippen LogP contribution is -2.52. The summed E-state index contributed by atoms with van der Waals surface area (Å²) >= 11 is 5.96. The topological polar surface area (TPSA) is 79.9 Å². The van der Waals surface area contributed by atoms with Crippen LogP contribution in [0.5, 0.6) is 0 Å². The van der Waals surface area contributed by atoms with E-state index < -0.39 is 11.7 Å². The van der Waals surface area contributed by atoms with Gasteiger partial charge in [0, 0.05) is 37.0 Å². The molecular weight excluding hydrogens is 382 g/mol. The molecule has 1 fully saturated rings. The molecule has 1 aliphatic heterocycles. The zero-order valence-electron chi connectivity index (χ0n) is 17.0. The van der Waals surface area contributed by atoms with Gasteiger partial charge in [-0.3, -0.25) is 9.69 Å². The summed E-state index contributed by atoms with van der Waals surface area (Å²) in [7, 11) is 1.69. The third-order valence-electron chi connectivity index (χ3n) is 4.46. The maximum atomic E-state index is 12.5. The summed E-state index contributed by atoms with van der Waals surface area (Å²) in [4.78, 5) is 26.5. The van der Waals surface area contributed by atoms with Gasteiger partial charge in [0.25, 0.3) is 0 Å². The van der Waals surface area contributed by atoms with E-state index in [4.69, 9.17) is 21.1 Å². The van der Waals surface area contributed by atoms with Gasteiger partial charge in [0.15, 0.2) is 0 Å². The lowest BCUT2D eigenvalue weighted by atomic mass is 9.99. The van der Waals surface area contributed by atoms with Crippen LogP contribution in [0.4, 0.5) is 10.5 Å². The molecule has 1 aliphatic rings. The minimum atomic E-state index is -0.553. The van der Waals surface area contributed by atoms with E-state index in [0.29, 0.717) is 23.8 Å². The molecule has 0 bridgehead atoms. The fourth-order valence-corrected chi connectivity index (χ4v) is 3.35. The second-order valence-electron chi connectivity index (χ2n) is 7.95. The quantitative estimate of drug-likeness (QED) is 0.750. The zero-order chi connectivity index (χ0) is 20.7. The fraction of sp³-hybridized carbons (Fsp3) is 0.600. The number of benzene rings is 1. The van der Waals surface area contributed by atoms with Crippen LogP contribution >= 0.6 is 11.6 Å². The molecule has 28 heavy (non-hydrogen) atoms. The van der Waals surface area contributed by atoms with Crippen LogP contribution in [-0.2, 0) is 14.3 Å². The lowest BCUT2D eigenvalue weighted by molar-refractivity contribution is -0.118. The van der Waals surface area contributed by atoms with Crippen molar-refractivity contribution in [1.29, 1.82) is 0 Å². The van der Waals surface area contributed by atoms with Crippen LogP contribution < -0.4 is 10.6 Å². The van der Waals surface area contributed by atoms with E-state index in [1.54, 1.807) is 31.4 Å². The van der Waals surface area contributed by atoms with Crippen molar-refractivity contribution in [2.24, 2.45) is 0 Å². The number of piperidine rings is 1. The van der Waals surface area contributed by atoms with Crippen molar-refractivity contribution in [3.8, 4) is 0 Å². The Hall–Kier alpha value is -1.83. The van der Waals surface area contributed by atoms with E-state index in [9.17, 15) is 9.59 Å². The Labute approximate surface area is 171 Å². The van der Waals surface area contributed by atoms with E-state index in [-0.39, 0.29) is 24.6 Å². The van der Waals surface area contributed by atoms with Crippen molar-refractivity contribution in [2.75, 3.05) is 32.1 Å². The number of anilines is 1. The van der Waals surface area contributed by atoms with Crippen molar-refractivity contribution >= 4 is 29.3 Å². The molecule has 1 saturated heterocycles. The summed E-state index contributed by atoms with van der Waals surface area (Å²) in [6.45, 7) is 6.78. The first-order chi connectivity index (χ1) is 13.2. The normalized spacial score (nSPS) is 20.5. The molecule has 0 saturated carbocycles. The van der Waals surface area contributed by atoms with Crippen LogP contribution in [0.15, 0.2) is 24.3 Å². The molecule has 2 N–H and O–H groups in total. The molecule has 1 aromatic carbocycles. The van der Waals surface area contributed by atoms with Crippen LogP contribution in [0.1, 0.15) is 33.6 Å². The van der Waals surface area contributed by atoms with Gasteiger partial charge in [0.2, 0.25) is 5.91 Å². The highest BCUT2D eigenvalue weighted by atomic mass is 35.5. The molecule has 8 heteroatoms. The number of likely N-dealkylation sites (tertiary alicyclic amines) is 1. The number of nitrogens with zero attached hydrogens (tertiary/aromatic N) is 1. The number of carbonyl (C=O) groups is 2. The molecule has 156 valence electrons. The second-order valence-corrected chi connectivity index (χ2v) is 8.38. The van der Waals surface area contributed by atoms with Gasteiger partial charge >= 0.3 is 6.09 Å². The van der Waals surface area contributed by atoms with Gasteiger partial charge < -0.3 is 20.1 Å². The highest BCUT2D eigenvalue weighted by Gasteiger charge is 2.30. The van der Waals surface area contributed by atoms with Gasteiger partial charge in [0.05, 0.1) is 12.6 Å². The standard InChI is InChI=1S/C20H30ClN3O4/c1-20(2,3)28-19(26)22-12-16-11-17(27-4)8-9-24(16)13-18(25)23-15-7-5-6-14(21)10-15/h5-7,10,16-17H,8-9,11-13H2,1-4H3,(H,22,26)(H,23,25)/t16-,17-/m0/s1. The monoisotopic (exact) mass is 411 g/mol. The van der Waals surface area contributed by atoms with Gasteiger partial charge in [-0.05, 0) is 51.8 Å². The Morgan fingerprint density at radius 2 is 2.07 bits per heavy atom. The zero-order valence-corrected chi connectivity index (χ0v) is 17.7. The average Bonchev–Trinajstić information content (AvgIpc) is 2.59. The fourth-order valence-electron chi connectivity index (χ4n) is 3.16. The number of rotatable bonds is 6. The smallest absolute Gasteiger partial charge is 0.407 e. The molecule has 2 amide bonds. The molecule has 0 radical (unpaired) electrons. The highest BCUT2D eigenvalue weighted by molar-refractivity contribution is 6.30. The molecule has 0 unspecified atom stereocenters. The largest absolute Gasteiger partial charge is 0.444 e. The van der Waals surface area contributed by atoms with Crippen LogP contribution in [0.2, 0.25) is 5.02 Å². The predicted molar refractivity (Wildman–Crippen MR) is 110 cm³/mol. The maximum Gasteiger partial charge on any atom is 0.407 e. The van der Waals surface area contributed by atoms with Crippen molar-refractivity contribution in [3.63, 3.8) is 0 Å². The third-order valence-corrected chi connectivity index (χ3v) is 4.69. The van der Waals surface area contributed by atoms with Crippen LogP contribution in [0.3, 0.4) is 0 Å². The number of amides is 2. The SMILES string of the molecule is CO[C@H]1CCN(CC(=O)Nc2cccc(Cl)c2)[C@H](CNC(=O)OC(C)(C)C)C1. The summed E-state index contributed by atoms with van der Waals surface area (Å²) < 4.78 is 10.8. The first kappa shape index (κ1) is 22.5. The molecule has 0 aromatic heterocycles. The van der Waals surface area contributed by atoms with Gasteiger partial charge in [-0.25, -0.2) is 4.79 Å². The number of ether oxygens (including phenoxy) is 2. The van der Waals surface area contributed by atoms with Gasteiger partial charge in [-0.15, -0.1) is 0 Å². The minimum absolute atomic E-state index is 0.0173. The first-order valence-electron chi connectivity index (χ1n) is 9.45. The summed E-state index contributed by atoms with van der Waals surface area (Å²) in [5, 5.41) is 6.24. The van der Waals surface area contributed by atoms with Crippen molar-refractivity contribution in [3.05, 3.63) is 29.3 Å². The van der Waals surface area contributed by atoms with Gasteiger partial charge in [-0.2, -0.15) is 0 Å². The van der Waals surface area contributed by atoms with E-state index in [1.165, 1.54) is 0 Å². The van der Waals surface area contributed by atoms with E-state index >= 15 is 0 Å². The van der Waals surface area contributed by atoms with Crippen LogP contribution in [0, 0.1) is 0 Å². The van der Waals surface area contributed by atoms with Gasteiger partial charge in [-0.1, -0.05) is 17.7 Å². The average molecular weight is 412 g/mol. The van der Waals surface area contributed by atoms with Gasteiger partial charge in [0.1, 0.15) is 5.60 Å². The Kier molecular flexibility index (Phi) is 8.10. The Morgan fingerprint density at radius 3 is 2.71 bits per heavy atom. The summed E-state index contributed by atoms with van der Waals surface area (Å²) in [5.41, 5.74) is 0.107. The summed E-state index contributed by atoms with van der Waals surface area (Å²) in [6, 6.07) is 7.03. The van der Waals surface area contributed by atoms with Crippen molar-refractivity contribution < 1.29 is 19.1 Å². The number of nitrogens with one attached hydrogen (secondary N) is 2. The van der Waals surface area contributed by atoms with E-state index in [2.05, 4.69) is 15.5 Å². The number of alkyl carbamates (subject to hydrolysis) is 1. The molecule has 1 aromatic rings. The number of hydrogen-bond donors (Lipinski definition) is 2. The number of halogens is 1. The second kappa shape index (κ2) is 10.1. The highest BCUT2D eigenvalue weighted by Crippen LogP contribution is 2.20. The Morgan fingerprint density at radius 1 is 1.32 bits per heavy atom. The number of methoxy groups -OCH3 is 1. The molecule has 2 atom stereocenters. The van der Waals surface area contributed by atoms with E-state index in [1.807, 2.05) is 20.8 Å². The van der Waals surface area contributed by atoms with Crippen molar-refractivity contribution in [2.45, 2.75) is 51.4 Å². The van der Waals surface area contributed by atoms with Crippen LogP contribution in [-0.4, -0.2) is 61.4 Å². The Bertz CT molecular complexity index is 678. The summed E-state index contributed by atoms with van der Waals surface area (Å²) in [5.74, 6) is -0.125. The Balaban J connectivity index is 1.93. The van der Waals surface area contributed by atoms with Crippen LogP contribution in [0.25, 0.3) is 0 Å². The number of hydrogen-bond acceptors (Lipinski definition) is 5. The predicted octanol–water partition coefficient (Wildman–Crippen LogP) is 3.28. The third kappa shape index (κ3) is 7.66. The molecular formula is C20H30ClN3O4. The lowest BCUT2D eigenvalue weighted by Gasteiger charge is -2.38. The minimum Gasteiger partial charge on any atom is -0.444 e. The first-order valence-corrected chi connectivity index (χ1v) is 9.83. The van der Waals surface area contributed by atoms with E-state index in [0.717, 1.165) is 12.8 Å². The molecule has 0 aliphatic carbocycles. The number of carbonyl (C=O) groups excluding carboxylic acids is 2.